The monoisotopic (exact) mass is 260 g/mol. The summed E-state index contributed by atoms with van der Waals surface area (Å²) < 4.78 is 0. The molecule has 1 atom stereocenters. The van der Waals surface area contributed by atoms with Gasteiger partial charge in [0.05, 0.1) is 19.1 Å². The summed E-state index contributed by atoms with van der Waals surface area (Å²) in [6.07, 6.45) is 2.20. The summed E-state index contributed by atoms with van der Waals surface area (Å²) in [7, 11) is 0. The molecule has 0 saturated heterocycles. The van der Waals surface area contributed by atoms with E-state index < -0.39 is 0 Å². The highest BCUT2D eigenvalue weighted by Crippen LogP contribution is 2.18. The first kappa shape index (κ1) is 13.6. The normalized spacial score (nSPS) is 12.8. The maximum Gasteiger partial charge on any atom is 0.224 e. The van der Waals surface area contributed by atoms with Crippen molar-refractivity contribution in [3.8, 4) is 0 Å². The van der Waals surface area contributed by atoms with Crippen molar-refractivity contribution >= 4 is 16.8 Å². The Labute approximate surface area is 112 Å². The molecule has 2 aromatic rings. The third-order valence-electron chi connectivity index (χ3n) is 3.37. The Hall–Kier alpha value is -1.81. The van der Waals surface area contributed by atoms with Crippen molar-refractivity contribution in [2.24, 2.45) is 5.92 Å². The zero-order valence-electron chi connectivity index (χ0n) is 11.3. The van der Waals surface area contributed by atoms with Gasteiger partial charge in [-0.05, 0) is 17.5 Å². The van der Waals surface area contributed by atoms with Crippen molar-refractivity contribution in [1.29, 1.82) is 0 Å². The van der Waals surface area contributed by atoms with Crippen LogP contribution >= 0.6 is 0 Å². The van der Waals surface area contributed by atoms with E-state index in [9.17, 15) is 9.90 Å². The van der Waals surface area contributed by atoms with E-state index in [1.54, 1.807) is 0 Å². The molecule has 2 rings (SSSR count). The largest absolute Gasteiger partial charge is 0.394 e. The second-order valence-corrected chi connectivity index (χ2v) is 5.14. The van der Waals surface area contributed by atoms with Crippen molar-refractivity contribution in [3.63, 3.8) is 0 Å². The van der Waals surface area contributed by atoms with Crippen LogP contribution in [0.15, 0.2) is 30.5 Å². The number of para-hydroxylation sites is 1. The van der Waals surface area contributed by atoms with Crippen LogP contribution in [0.3, 0.4) is 0 Å². The molecule has 102 valence electrons. The average Bonchev–Trinajstić information content (AvgIpc) is 2.79. The Morgan fingerprint density at radius 2 is 2.11 bits per heavy atom. The molecule has 0 spiro atoms. The topological polar surface area (TPSA) is 65.1 Å². The van der Waals surface area contributed by atoms with E-state index in [4.69, 9.17) is 0 Å². The van der Waals surface area contributed by atoms with Gasteiger partial charge in [0, 0.05) is 17.1 Å². The molecule has 1 aromatic heterocycles. The predicted octanol–water partition coefficient (Wildman–Crippen LogP) is 1.84. The van der Waals surface area contributed by atoms with Gasteiger partial charge in [0.1, 0.15) is 0 Å². The van der Waals surface area contributed by atoms with Gasteiger partial charge >= 0.3 is 0 Å². The van der Waals surface area contributed by atoms with E-state index in [1.807, 2.05) is 44.3 Å². The van der Waals surface area contributed by atoms with Crippen molar-refractivity contribution < 1.29 is 9.90 Å². The molecule has 0 aliphatic carbocycles. The van der Waals surface area contributed by atoms with E-state index in [0.717, 1.165) is 16.5 Å². The highest BCUT2D eigenvalue weighted by atomic mass is 16.3. The molecule has 0 radical (unpaired) electrons. The zero-order valence-corrected chi connectivity index (χ0v) is 11.3. The number of carbonyl (C=O) groups is 1. The predicted molar refractivity (Wildman–Crippen MR) is 75.9 cm³/mol. The molecule has 19 heavy (non-hydrogen) atoms. The summed E-state index contributed by atoms with van der Waals surface area (Å²) in [6.45, 7) is 3.93. The van der Waals surface area contributed by atoms with Crippen LogP contribution in [-0.2, 0) is 11.2 Å². The van der Waals surface area contributed by atoms with Crippen LogP contribution in [0.5, 0.6) is 0 Å². The highest BCUT2D eigenvalue weighted by molar-refractivity contribution is 5.88. The van der Waals surface area contributed by atoms with Gasteiger partial charge in [-0.2, -0.15) is 0 Å². The molecule has 0 bridgehead atoms. The van der Waals surface area contributed by atoms with Crippen molar-refractivity contribution in [3.05, 3.63) is 36.0 Å². The van der Waals surface area contributed by atoms with Crippen LogP contribution in [0.1, 0.15) is 19.4 Å². The smallest absolute Gasteiger partial charge is 0.224 e. The van der Waals surface area contributed by atoms with Crippen LogP contribution in [0, 0.1) is 5.92 Å². The molecule has 4 nitrogen and oxygen atoms in total. The minimum Gasteiger partial charge on any atom is -0.394 e. The molecule has 0 aliphatic rings. The highest BCUT2D eigenvalue weighted by Gasteiger charge is 2.16. The average molecular weight is 260 g/mol. The number of aliphatic hydroxyl groups is 1. The summed E-state index contributed by atoms with van der Waals surface area (Å²) in [6, 6.07) is 7.73. The molecule has 0 saturated carbocycles. The summed E-state index contributed by atoms with van der Waals surface area (Å²) in [4.78, 5) is 15.1. The number of amides is 1. The first-order chi connectivity index (χ1) is 9.11. The number of H-pyrrole nitrogens is 1. The molecule has 1 unspecified atom stereocenters. The summed E-state index contributed by atoms with van der Waals surface area (Å²) in [5.41, 5.74) is 2.02. The minimum absolute atomic E-state index is 0.0305. The first-order valence-electron chi connectivity index (χ1n) is 6.57. The Morgan fingerprint density at radius 3 is 2.79 bits per heavy atom. The summed E-state index contributed by atoms with van der Waals surface area (Å²) >= 11 is 0. The first-order valence-corrected chi connectivity index (χ1v) is 6.57. The molecule has 1 heterocycles. The number of fused-ring (bicyclic) bond motifs is 1. The number of hydrogen-bond acceptors (Lipinski definition) is 2. The van der Waals surface area contributed by atoms with Gasteiger partial charge in [-0.25, -0.2) is 0 Å². The number of benzene rings is 1. The van der Waals surface area contributed by atoms with Crippen molar-refractivity contribution in [1.82, 2.24) is 10.3 Å². The van der Waals surface area contributed by atoms with Gasteiger partial charge in [-0.3, -0.25) is 4.79 Å². The fourth-order valence-corrected chi connectivity index (χ4v) is 2.13. The zero-order chi connectivity index (χ0) is 13.8. The minimum atomic E-state index is -0.183. The second kappa shape index (κ2) is 5.89. The van der Waals surface area contributed by atoms with Crippen molar-refractivity contribution in [2.45, 2.75) is 26.3 Å². The molecule has 1 amide bonds. The van der Waals surface area contributed by atoms with Crippen molar-refractivity contribution in [2.75, 3.05) is 6.61 Å². The third-order valence-corrected chi connectivity index (χ3v) is 3.37. The lowest BCUT2D eigenvalue weighted by atomic mass is 10.0. The van der Waals surface area contributed by atoms with Gasteiger partial charge in [0.25, 0.3) is 0 Å². The Balaban J connectivity index is 2.06. The van der Waals surface area contributed by atoms with Crippen LogP contribution in [0.25, 0.3) is 10.9 Å². The van der Waals surface area contributed by atoms with Gasteiger partial charge in [0.2, 0.25) is 5.91 Å². The number of aliphatic hydroxyl groups excluding tert-OH is 1. The van der Waals surface area contributed by atoms with Gasteiger partial charge in [-0.1, -0.05) is 32.0 Å². The Morgan fingerprint density at radius 1 is 1.37 bits per heavy atom. The lowest BCUT2D eigenvalue weighted by molar-refractivity contribution is -0.121. The lowest BCUT2D eigenvalue weighted by Crippen LogP contribution is -2.41. The van der Waals surface area contributed by atoms with E-state index in [-0.39, 0.29) is 24.5 Å². The summed E-state index contributed by atoms with van der Waals surface area (Å²) in [5, 5.41) is 13.2. The van der Waals surface area contributed by atoms with Gasteiger partial charge < -0.3 is 15.4 Å². The standard InChI is InChI=1S/C15H20N2O2/c1-10(2)14(9-18)17-15(19)7-11-8-16-13-6-4-3-5-12(11)13/h3-6,8,10,14,16,18H,7,9H2,1-2H3,(H,17,19). The Kier molecular flexibility index (Phi) is 4.22. The SMILES string of the molecule is CC(C)C(CO)NC(=O)Cc1c[nH]c2ccccc12. The molecule has 0 aliphatic heterocycles. The third kappa shape index (κ3) is 3.15. The van der Waals surface area contributed by atoms with Crippen LogP contribution < -0.4 is 5.32 Å². The number of carbonyl (C=O) groups excluding carboxylic acids is 1. The number of aromatic amines is 1. The quantitative estimate of drug-likeness (QED) is 0.768. The van der Waals surface area contributed by atoms with Gasteiger partial charge in [-0.15, -0.1) is 0 Å². The van der Waals surface area contributed by atoms with Crippen LogP contribution in [-0.4, -0.2) is 28.6 Å². The van der Waals surface area contributed by atoms with E-state index in [1.165, 1.54) is 0 Å². The second-order valence-electron chi connectivity index (χ2n) is 5.14. The van der Waals surface area contributed by atoms with E-state index >= 15 is 0 Å². The molecular weight excluding hydrogens is 240 g/mol. The Bertz CT molecular complexity index is 560. The molecule has 1 aromatic carbocycles. The molecule has 4 heteroatoms. The maximum atomic E-state index is 12.0. The van der Waals surface area contributed by atoms with E-state index in [2.05, 4.69) is 10.3 Å². The van der Waals surface area contributed by atoms with Crippen LogP contribution in [0.4, 0.5) is 0 Å². The number of rotatable bonds is 5. The molecule has 3 N–H and O–H groups in total. The van der Waals surface area contributed by atoms with Crippen LogP contribution in [0.2, 0.25) is 0 Å². The molecule has 0 fully saturated rings. The lowest BCUT2D eigenvalue weighted by Gasteiger charge is -2.19. The van der Waals surface area contributed by atoms with E-state index in [0.29, 0.717) is 6.42 Å². The number of hydrogen-bond donors (Lipinski definition) is 3. The fraction of sp³-hybridized carbons (Fsp3) is 0.400. The number of nitrogens with one attached hydrogen (secondary N) is 2. The van der Waals surface area contributed by atoms with Gasteiger partial charge in [0.15, 0.2) is 0 Å². The molecular formula is C15H20N2O2. The fourth-order valence-electron chi connectivity index (χ4n) is 2.13. The number of aromatic nitrogens is 1. The maximum absolute atomic E-state index is 12.0. The summed E-state index contributed by atoms with van der Waals surface area (Å²) in [5.74, 6) is 0.162.